The second kappa shape index (κ2) is 6.59. The zero-order chi connectivity index (χ0) is 23.4. The molecule has 0 N–H and O–H groups in total. The lowest BCUT2D eigenvalue weighted by atomic mass is 9.88. The van der Waals surface area contributed by atoms with Gasteiger partial charge in [-0.05, 0) is 0 Å². The molecule has 0 aliphatic heterocycles. The molecule has 0 spiro atoms. The Labute approximate surface area is 139 Å². The topological polar surface area (TPSA) is 18.5 Å². The van der Waals surface area contributed by atoms with Gasteiger partial charge in [0.15, 0.2) is 0 Å². The Morgan fingerprint density at radius 3 is 0.929 bits per heavy atom. The maximum Gasteiger partial charge on any atom is 0.527 e. The minimum absolute atomic E-state index is 1.05. The molecule has 2 atom stereocenters. The van der Waals surface area contributed by atoms with Crippen LogP contribution in [0.25, 0.3) is 0 Å². The number of hydrogen-bond acceptors (Lipinski definition) is 2. The third-order valence-electron chi connectivity index (χ3n) is 2.49. The Balaban J connectivity index is 7.23. The Morgan fingerprint density at radius 2 is 0.714 bits per heavy atom. The summed E-state index contributed by atoms with van der Waals surface area (Å²) in [5.74, 6) is -17.1. The van der Waals surface area contributed by atoms with Crippen molar-refractivity contribution in [1.29, 1.82) is 0 Å². The van der Waals surface area contributed by atoms with Crippen molar-refractivity contribution in [3.63, 3.8) is 0 Å². The maximum atomic E-state index is 13.7. The molecule has 0 saturated carbocycles. The lowest BCUT2D eigenvalue weighted by Crippen LogP contribution is -2.78. The molecule has 0 bridgehead atoms. The van der Waals surface area contributed by atoms with Gasteiger partial charge in [-0.3, -0.25) is 0 Å². The largest absolute Gasteiger partial charge is 0.527 e. The molecular weight excluding hydrogens is 470 g/mol. The van der Waals surface area contributed by atoms with E-state index < -0.39 is 48.6 Å². The van der Waals surface area contributed by atoms with E-state index in [4.69, 9.17) is 0 Å². The molecule has 2 nitrogen and oxygen atoms in total. The molecule has 0 heterocycles. The number of alkyl halides is 18. The van der Waals surface area contributed by atoms with Gasteiger partial charge in [0.2, 0.25) is 0 Å². The molecule has 20 heteroatoms. The molecule has 28 heavy (non-hydrogen) atoms. The summed E-state index contributed by atoms with van der Waals surface area (Å²) in [5, 5.41) is 0. The fourth-order valence-electron chi connectivity index (χ4n) is 1.44. The van der Waals surface area contributed by atoms with E-state index in [9.17, 15) is 79.0 Å². The molecule has 170 valence electrons. The molecule has 0 aromatic carbocycles. The summed E-state index contributed by atoms with van der Waals surface area (Å²) in [6.45, 7) is 0. The van der Waals surface area contributed by atoms with Crippen LogP contribution in [0.15, 0.2) is 0 Å². The van der Waals surface area contributed by atoms with E-state index in [0.717, 1.165) is 9.47 Å². The van der Waals surface area contributed by atoms with Crippen LogP contribution in [0.2, 0.25) is 0 Å². The van der Waals surface area contributed by atoms with Crippen LogP contribution in [-0.4, -0.2) is 48.6 Å². The average molecular weight is 470 g/mol. The standard InChI is InChI=1S/C8F18O2/c9-1(4(13,14)15,6(19,20)28-8(24,25)26)3(12,27-7(21,22)23)2(10,11)5(16,17)18. The fraction of sp³-hybridized carbons (Fsp3) is 1.00. The number of hydrogen-bond donors (Lipinski definition) is 0. The first-order chi connectivity index (χ1) is 11.7. The van der Waals surface area contributed by atoms with E-state index in [0.29, 0.717) is 0 Å². The van der Waals surface area contributed by atoms with Crippen molar-refractivity contribution in [3.05, 3.63) is 0 Å². The van der Waals surface area contributed by atoms with E-state index in [-0.39, 0.29) is 0 Å². The highest BCUT2D eigenvalue weighted by Gasteiger charge is 2.95. The number of rotatable bonds is 5. The predicted molar refractivity (Wildman–Crippen MR) is 44.0 cm³/mol. The van der Waals surface area contributed by atoms with Crippen molar-refractivity contribution in [2.45, 2.75) is 48.6 Å². The zero-order valence-electron chi connectivity index (χ0n) is 11.6. The zero-order valence-corrected chi connectivity index (χ0v) is 11.6. The minimum atomic E-state index is -8.71. The lowest BCUT2D eigenvalue weighted by Gasteiger charge is -2.45. The second-order valence-electron chi connectivity index (χ2n) is 4.44. The van der Waals surface area contributed by atoms with Gasteiger partial charge < -0.3 is 0 Å². The van der Waals surface area contributed by atoms with Gasteiger partial charge in [-0.25, -0.2) is 18.3 Å². The predicted octanol–water partition coefficient (Wildman–Crippen LogP) is 5.79. The molecule has 0 aliphatic rings. The molecule has 0 saturated heterocycles. The normalized spacial score (nSPS) is 19.9. The number of halogens is 18. The quantitative estimate of drug-likeness (QED) is 0.475. The maximum absolute atomic E-state index is 13.7. The van der Waals surface area contributed by atoms with Crippen LogP contribution in [0.4, 0.5) is 79.0 Å². The van der Waals surface area contributed by atoms with Gasteiger partial charge in [-0.15, -0.1) is 26.3 Å². The highest BCUT2D eigenvalue weighted by atomic mass is 19.4. The molecule has 2 unspecified atom stereocenters. The summed E-state index contributed by atoms with van der Waals surface area (Å²) in [4.78, 5) is 0. The fourth-order valence-corrected chi connectivity index (χ4v) is 1.44. The Hall–Kier alpha value is -1.34. The Morgan fingerprint density at radius 1 is 0.393 bits per heavy atom. The van der Waals surface area contributed by atoms with Crippen LogP contribution in [0.3, 0.4) is 0 Å². The Bertz CT molecular complexity index is 552. The SMILES string of the molecule is FC(F)(F)OC(F)(F)C(F)(C(F)(F)F)C(F)(OC(F)(F)F)C(F)(F)C(F)(F)F. The first-order valence-corrected chi connectivity index (χ1v) is 5.47. The van der Waals surface area contributed by atoms with E-state index in [1.54, 1.807) is 0 Å². The van der Waals surface area contributed by atoms with Crippen molar-refractivity contribution >= 4 is 0 Å². The third-order valence-corrected chi connectivity index (χ3v) is 2.49. The van der Waals surface area contributed by atoms with Gasteiger partial charge in [0.1, 0.15) is 0 Å². The van der Waals surface area contributed by atoms with Crippen molar-refractivity contribution in [1.82, 2.24) is 0 Å². The first-order valence-electron chi connectivity index (χ1n) is 5.47. The van der Waals surface area contributed by atoms with Gasteiger partial charge in [0, 0.05) is 0 Å². The van der Waals surface area contributed by atoms with Crippen molar-refractivity contribution in [3.8, 4) is 0 Å². The van der Waals surface area contributed by atoms with Crippen molar-refractivity contribution in [2.75, 3.05) is 0 Å². The van der Waals surface area contributed by atoms with Gasteiger partial charge in [-0.2, -0.15) is 43.9 Å². The lowest BCUT2D eigenvalue weighted by molar-refractivity contribution is -0.553. The van der Waals surface area contributed by atoms with E-state index in [2.05, 4.69) is 0 Å². The summed E-state index contributed by atoms with van der Waals surface area (Å²) in [5.41, 5.74) is -8.71. The van der Waals surface area contributed by atoms with Crippen LogP contribution in [0, 0.1) is 0 Å². The van der Waals surface area contributed by atoms with Crippen LogP contribution < -0.4 is 0 Å². The molecule has 0 aromatic heterocycles. The monoisotopic (exact) mass is 470 g/mol. The summed E-state index contributed by atoms with van der Waals surface area (Å²) in [6.07, 6.45) is -39.3. The summed E-state index contributed by atoms with van der Waals surface area (Å²) < 4.78 is 226. The molecule has 0 aromatic rings. The summed E-state index contributed by atoms with van der Waals surface area (Å²) in [6, 6.07) is 0. The van der Waals surface area contributed by atoms with Crippen LogP contribution in [0.1, 0.15) is 0 Å². The van der Waals surface area contributed by atoms with Gasteiger partial charge in [0.05, 0.1) is 0 Å². The summed E-state index contributed by atoms with van der Waals surface area (Å²) in [7, 11) is 0. The van der Waals surface area contributed by atoms with Crippen LogP contribution >= 0.6 is 0 Å². The van der Waals surface area contributed by atoms with Crippen molar-refractivity contribution in [2.24, 2.45) is 0 Å². The molecular formula is C8F18O2. The van der Waals surface area contributed by atoms with E-state index in [1.807, 2.05) is 0 Å². The average Bonchev–Trinajstić information content (AvgIpc) is 2.28. The smallest absolute Gasteiger partial charge is 0.244 e. The van der Waals surface area contributed by atoms with Crippen LogP contribution in [0.5, 0.6) is 0 Å². The molecule has 0 aliphatic carbocycles. The Kier molecular flexibility index (Phi) is 6.27. The molecule has 0 rings (SSSR count). The van der Waals surface area contributed by atoms with Gasteiger partial charge in [0.25, 0.3) is 0 Å². The highest BCUT2D eigenvalue weighted by molar-refractivity contribution is 5.14. The number of ether oxygens (including phenoxy) is 2. The summed E-state index contributed by atoms with van der Waals surface area (Å²) >= 11 is 0. The first kappa shape index (κ1) is 26.7. The second-order valence-corrected chi connectivity index (χ2v) is 4.44. The van der Waals surface area contributed by atoms with E-state index >= 15 is 0 Å². The minimum Gasteiger partial charge on any atom is -0.244 e. The van der Waals surface area contributed by atoms with E-state index in [1.165, 1.54) is 0 Å². The molecule has 0 radical (unpaired) electrons. The van der Waals surface area contributed by atoms with Crippen molar-refractivity contribution < 1.29 is 88.5 Å². The molecule has 0 fully saturated rings. The highest BCUT2D eigenvalue weighted by Crippen LogP contribution is 2.63. The third kappa shape index (κ3) is 4.46. The molecule has 0 amide bonds. The van der Waals surface area contributed by atoms with Crippen LogP contribution in [-0.2, 0) is 9.47 Å². The van der Waals surface area contributed by atoms with Gasteiger partial charge >= 0.3 is 48.6 Å². The van der Waals surface area contributed by atoms with Gasteiger partial charge in [-0.1, -0.05) is 0 Å².